The van der Waals surface area contributed by atoms with Crippen LogP contribution in [0.5, 0.6) is 0 Å². The van der Waals surface area contributed by atoms with Gasteiger partial charge in [0.15, 0.2) is 6.61 Å². The molecule has 0 saturated heterocycles. The van der Waals surface area contributed by atoms with Crippen molar-refractivity contribution in [3.05, 3.63) is 28.8 Å². The molecule has 0 aromatic heterocycles. The van der Waals surface area contributed by atoms with Crippen LogP contribution in [0.1, 0.15) is 37.7 Å². The summed E-state index contributed by atoms with van der Waals surface area (Å²) in [6, 6.07) is 2.98. The predicted octanol–water partition coefficient (Wildman–Crippen LogP) is 4.24. The Morgan fingerprint density at radius 3 is 2.43 bits per heavy atom. The quantitative estimate of drug-likeness (QED) is 0.744. The highest BCUT2D eigenvalue weighted by atomic mass is 35.5. The Labute approximate surface area is 164 Å². The third-order valence-corrected chi connectivity index (χ3v) is 5.61. The Bertz CT molecular complexity index is 780. The molecule has 28 heavy (non-hydrogen) atoms. The van der Waals surface area contributed by atoms with Crippen LogP contribution < -0.4 is 5.32 Å². The molecule has 0 aliphatic heterocycles. The van der Waals surface area contributed by atoms with Crippen LogP contribution >= 0.6 is 11.6 Å². The lowest BCUT2D eigenvalue weighted by atomic mass is 9.67. The van der Waals surface area contributed by atoms with Gasteiger partial charge in [-0.05, 0) is 43.9 Å². The molecule has 2 bridgehead atoms. The van der Waals surface area contributed by atoms with Crippen molar-refractivity contribution < 1.29 is 32.3 Å². The van der Waals surface area contributed by atoms with Gasteiger partial charge in [0.05, 0.1) is 16.5 Å². The molecular weight excluding hydrogens is 399 g/mol. The summed E-state index contributed by atoms with van der Waals surface area (Å²) in [7, 11) is 0. The van der Waals surface area contributed by atoms with Gasteiger partial charge in [0.2, 0.25) is 0 Å². The predicted molar refractivity (Wildman–Crippen MR) is 94.6 cm³/mol. The normalized spacial score (nSPS) is 24.6. The SMILES string of the molecule is O=C(COC(=O)C1CC2CCCC(C1)C2=O)Nc1ccc(Cl)c(C(F)(F)F)c1. The van der Waals surface area contributed by atoms with Gasteiger partial charge < -0.3 is 10.1 Å². The van der Waals surface area contributed by atoms with Crippen LogP contribution in [0.15, 0.2) is 18.2 Å². The fraction of sp³-hybridized carbons (Fsp3) is 0.526. The fourth-order valence-corrected chi connectivity index (χ4v) is 4.17. The van der Waals surface area contributed by atoms with E-state index in [1.165, 1.54) is 6.07 Å². The Balaban J connectivity index is 1.53. The Hall–Kier alpha value is -2.09. The number of rotatable bonds is 4. The van der Waals surface area contributed by atoms with Crippen LogP contribution in [0, 0.1) is 17.8 Å². The second-order valence-electron chi connectivity index (χ2n) is 7.24. The molecule has 0 radical (unpaired) electrons. The van der Waals surface area contributed by atoms with Gasteiger partial charge in [-0.15, -0.1) is 0 Å². The number of Topliss-reactive ketones (excluding diaryl/α,β-unsaturated/α-hetero) is 1. The van der Waals surface area contributed by atoms with Crippen molar-refractivity contribution in [1.29, 1.82) is 0 Å². The number of amides is 1. The second kappa shape index (κ2) is 8.11. The van der Waals surface area contributed by atoms with Crippen molar-refractivity contribution in [3.8, 4) is 0 Å². The minimum Gasteiger partial charge on any atom is -0.455 e. The minimum absolute atomic E-state index is 0.101. The summed E-state index contributed by atoms with van der Waals surface area (Å²) in [5, 5.41) is 1.78. The van der Waals surface area contributed by atoms with Gasteiger partial charge in [-0.2, -0.15) is 13.2 Å². The number of hydrogen-bond acceptors (Lipinski definition) is 4. The van der Waals surface area contributed by atoms with Crippen molar-refractivity contribution >= 4 is 34.9 Å². The molecule has 2 unspecified atom stereocenters. The number of alkyl halides is 3. The number of ketones is 1. The standard InChI is InChI=1S/C19H19ClF3NO4/c20-15-5-4-13(8-14(15)19(21,22)23)24-16(25)9-28-18(27)12-6-10-2-1-3-11(7-12)17(10)26/h4-5,8,10-12H,1-3,6-7,9H2,(H,24,25). The minimum atomic E-state index is -4.65. The molecular formula is C19H19ClF3NO4. The number of fused-ring (bicyclic) bond motifs is 2. The summed E-state index contributed by atoms with van der Waals surface area (Å²) < 4.78 is 43.6. The van der Waals surface area contributed by atoms with Crippen molar-refractivity contribution in [3.63, 3.8) is 0 Å². The molecule has 2 atom stereocenters. The number of carbonyl (C=O) groups is 3. The number of nitrogens with one attached hydrogen (secondary N) is 1. The van der Waals surface area contributed by atoms with Gasteiger partial charge in [0, 0.05) is 17.5 Å². The van der Waals surface area contributed by atoms with E-state index in [9.17, 15) is 27.6 Å². The smallest absolute Gasteiger partial charge is 0.417 e. The molecule has 2 aliphatic rings. The number of hydrogen-bond donors (Lipinski definition) is 1. The first-order valence-corrected chi connectivity index (χ1v) is 9.40. The summed E-state index contributed by atoms with van der Waals surface area (Å²) in [6.07, 6.45) is -1.26. The molecule has 0 spiro atoms. The van der Waals surface area contributed by atoms with E-state index in [2.05, 4.69) is 5.32 Å². The average molecular weight is 418 g/mol. The van der Waals surface area contributed by atoms with Gasteiger partial charge >= 0.3 is 12.1 Å². The molecule has 1 amide bonds. The highest BCUT2D eigenvalue weighted by Gasteiger charge is 2.42. The van der Waals surface area contributed by atoms with Crippen molar-refractivity contribution in [2.75, 3.05) is 11.9 Å². The van der Waals surface area contributed by atoms with Crippen LogP contribution in [0.2, 0.25) is 5.02 Å². The molecule has 9 heteroatoms. The molecule has 2 saturated carbocycles. The summed E-state index contributed by atoms with van der Waals surface area (Å²) in [4.78, 5) is 36.2. The molecule has 3 rings (SSSR count). The van der Waals surface area contributed by atoms with Crippen LogP contribution in [0.25, 0.3) is 0 Å². The molecule has 2 aliphatic carbocycles. The van der Waals surface area contributed by atoms with E-state index in [1.54, 1.807) is 0 Å². The number of halogens is 4. The third-order valence-electron chi connectivity index (χ3n) is 5.28. The molecule has 5 nitrogen and oxygen atoms in total. The van der Waals surface area contributed by atoms with E-state index < -0.39 is 41.2 Å². The first-order chi connectivity index (χ1) is 13.1. The maximum Gasteiger partial charge on any atom is 0.417 e. The maximum absolute atomic E-state index is 12.9. The Morgan fingerprint density at radius 2 is 1.82 bits per heavy atom. The highest BCUT2D eigenvalue weighted by Crippen LogP contribution is 2.40. The van der Waals surface area contributed by atoms with Crippen molar-refractivity contribution in [2.24, 2.45) is 17.8 Å². The largest absolute Gasteiger partial charge is 0.455 e. The first kappa shape index (κ1) is 20.6. The summed E-state index contributed by atoms with van der Waals surface area (Å²) in [5.74, 6) is -1.74. The maximum atomic E-state index is 12.9. The molecule has 1 aromatic carbocycles. The average Bonchev–Trinajstić information content (AvgIpc) is 2.60. The highest BCUT2D eigenvalue weighted by molar-refractivity contribution is 6.31. The lowest BCUT2D eigenvalue weighted by Gasteiger charge is -2.36. The number of benzene rings is 1. The Morgan fingerprint density at radius 1 is 1.18 bits per heavy atom. The van der Waals surface area contributed by atoms with Crippen molar-refractivity contribution in [1.82, 2.24) is 0 Å². The van der Waals surface area contributed by atoms with E-state index >= 15 is 0 Å². The lowest BCUT2D eigenvalue weighted by molar-refractivity contribution is -0.155. The number of anilines is 1. The molecule has 152 valence electrons. The Kier molecular flexibility index (Phi) is 5.98. The van der Waals surface area contributed by atoms with E-state index in [0.717, 1.165) is 31.4 Å². The summed E-state index contributed by atoms with van der Waals surface area (Å²) in [5.41, 5.74) is -1.17. The number of ether oxygens (including phenoxy) is 1. The van der Waals surface area contributed by atoms with Crippen LogP contribution in [-0.4, -0.2) is 24.3 Å². The van der Waals surface area contributed by atoms with Crippen LogP contribution in [0.4, 0.5) is 18.9 Å². The summed E-state index contributed by atoms with van der Waals surface area (Å²) in [6.45, 7) is -0.609. The lowest BCUT2D eigenvalue weighted by Crippen LogP contribution is -2.40. The third kappa shape index (κ3) is 4.66. The molecule has 1 aromatic rings. The van der Waals surface area contributed by atoms with Gasteiger partial charge in [-0.3, -0.25) is 14.4 Å². The second-order valence-corrected chi connectivity index (χ2v) is 7.65. The van der Waals surface area contributed by atoms with E-state index in [1.807, 2.05) is 0 Å². The van der Waals surface area contributed by atoms with Gasteiger partial charge in [-0.1, -0.05) is 18.0 Å². The molecule has 0 heterocycles. The van der Waals surface area contributed by atoms with E-state index in [4.69, 9.17) is 16.3 Å². The van der Waals surface area contributed by atoms with Gasteiger partial charge in [-0.25, -0.2) is 0 Å². The zero-order valence-corrected chi connectivity index (χ0v) is 15.6. The zero-order chi connectivity index (χ0) is 20.5. The van der Waals surface area contributed by atoms with Crippen LogP contribution in [0.3, 0.4) is 0 Å². The number of carbonyl (C=O) groups excluding carboxylic acids is 3. The van der Waals surface area contributed by atoms with E-state index in [0.29, 0.717) is 12.8 Å². The first-order valence-electron chi connectivity index (χ1n) is 9.02. The van der Waals surface area contributed by atoms with E-state index in [-0.39, 0.29) is 23.3 Å². The molecule has 1 N–H and O–H groups in total. The topological polar surface area (TPSA) is 72.5 Å². The fourth-order valence-electron chi connectivity index (χ4n) is 3.94. The summed E-state index contributed by atoms with van der Waals surface area (Å²) >= 11 is 5.53. The van der Waals surface area contributed by atoms with Gasteiger partial charge in [0.1, 0.15) is 5.78 Å². The van der Waals surface area contributed by atoms with Crippen molar-refractivity contribution in [2.45, 2.75) is 38.3 Å². The zero-order valence-electron chi connectivity index (χ0n) is 14.9. The van der Waals surface area contributed by atoms with Gasteiger partial charge in [0.25, 0.3) is 5.91 Å². The monoisotopic (exact) mass is 417 g/mol. The number of esters is 1. The van der Waals surface area contributed by atoms with Crippen LogP contribution in [-0.2, 0) is 25.3 Å². The molecule has 2 fully saturated rings.